The summed E-state index contributed by atoms with van der Waals surface area (Å²) in [6.07, 6.45) is 1.06. The van der Waals surface area contributed by atoms with Gasteiger partial charge in [0, 0.05) is 6.42 Å². The predicted molar refractivity (Wildman–Crippen MR) is 33.1 cm³/mol. The topological polar surface area (TPSA) is 85.2 Å². The highest BCUT2D eigenvalue weighted by molar-refractivity contribution is 5.77. The molecule has 0 aromatic heterocycles. The number of carboxylic acids is 1. The van der Waals surface area contributed by atoms with Crippen LogP contribution in [0.15, 0.2) is 0 Å². The molecule has 1 saturated carbocycles. The fourth-order valence-electron chi connectivity index (χ4n) is 1.30. The molecule has 0 aliphatic heterocycles. The van der Waals surface area contributed by atoms with Crippen molar-refractivity contribution in [2.75, 3.05) is 0 Å². The highest BCUT2D eigenvalue weighted by Crippen LogP contribution is 2.25. The van der Waals surface area contributed by atoms with Crippen LogP contribution in [0.2, 0.25) is 0 Å². The first-order valence-electron chi connectivity index (χ1n) is 3.34. The highest BCUT2D eigenvalue weighted by Gasteiger charge is 2.49. The van der Waals surface area contributed by atoms with Gasteiger partial charge in [0.05, 0.1) is 0 Å². The first-order valence-corrected chi connectivity index (χ1v) is 3.34. The van der Waals surface area contributed by atoms with Gasteiger partial charge in [-0.1, -0.05) is 0 Å². The van der Waals surface area contributed by atoms with Crippen molar-refractivity contribution in [3.63, 3.8) is 0 Å². The first-order chi connectivity index (χ1) is 4.57. The molecule has 0 saturated heterocycles. The first kappa shape index (κ1) is 7.50. The van der Waals surface area contributed by atoms with Gasteiger partial charge in [-0.25, -0.2) is 4.79 Å². The fourth-order valence-corrected chi connectivity index (χ4v) is 1.30. The molecule has 4 heteroatoms. The van der Waals surface area contributed by atoms with Crippen molar-refractivity contribution in [2.45, 2.75) is 30.9 Å². The summed E-state index contributed by atoms with van der Waals surface area (Å²) in [7, 11) is 0. The molecule has 0 heterocycles. The van der Waals surface area contributed by atoms with Crippen LogP contribution >= 0.6 is 0 Å². The average Bonchev–Trinajstić information content (AvgIpc) is 2.15. The quantitative estimate of drug-likeness (QED) is 0.425. The number of aliphatic carboxylic acids is 1. The molecular weight excluding hydrogens is 134 g/mol. The van der Waals surface area contributed by atoms with Gasteiger partial charge in [0.15, 0.2) is 0 Å². The maximum atomic E-state index is 10.5. The molecular formula is C6H12NO3+. The molecule has 4 nitrogen and oxygen atoms in total. The lowest BCUT2D eigenvalue weighted by atomic mass is 9.97. The van der Waals surface area contributed by atoms with Crippen LogP contribution in [0.4, 0.5) is 0 Å². The molecule has 0 amide bonds. The largest absolute Gasteiger partial charge is 0.477 e. The third-order valence-corrected chi connectivity index (χ3v) is 2.16. The average molecular weight is 146 g/mol. The molecule has 1 fully saturated rings. The zero-order valence-electron chi connectivity index (χ0n) is 5.71. The molecule has 0 spiro atoms. The van der Waals surface area contributed by atoms with E-state index in [9.17, 15) is 9.90 Å². The smallest absolute Gasteiger partial charge is 0.368 e. The fraction of sp³-hybridized carbons (Fsp3) is 0.833. The summed E-state index contributed by atoms with van der Waals surface area (Å²) in [5.41, 5.74) is 2.38. The lowest BCUT2D eigenvalue weighted by Gasteiger charge is -2.17. The maximum absolute atomic E-state index is 10.5. The van der Waals surface area contributed by atoms with Gasteiger partial charge < -0.3 is 15.9 Å². The van der Waals surface area contributed by atoms with Crippen LogP contribution in [0.1, 0.15) is 19.3 Å². The SMILES string of the molecule is [NH3+][C@]1(C(=O)O)CCC[C@@H]1O. The van der Waals surface area contributed by atoms with E-state index in [0.29, 0.717) is 12.8 Å². The van der Waals surface area contributed by atoms with E-state index in [4.69, 9.17) is 5.11 Å². The summed E-state index contributed by atoms with van der Waals surface area (Å²) < 4.78 is 0. The lowest BCUT2D eigenvalue weighted by molar-refractivity contribution is -0.474. The monoisotopic (exact) mass is 146 g/mol. The number of carbonyl (C=O) groups is 1. The number of rotatable bonds is 1. The summed E-state index contributed by atoms with van der Waals surface area (Å²) in [5.74, 6) is -0.988. The summed E-state index contributed by atoms with van der Waals surface area (Å²) in [4.78, 5) is 10.5. The number of aliphatic hydroxyl groups excluding tert-OH is 1. The Bertz CT molecular complexity index is 159. The second-order valence-corrected chi connectivity index (χ2v) is 2.87. The standard InChI is InChI=1S/C6H11NO3/c7-6(5(9)10)3-1-2-4(6)8/h4,8H,1-3,7H2,(H,9,10)/p+1/t4-,6+/m0/s1. The third-order valence-electron chi connectivity index (χ3n) is 2.16. The molecule has 0 unspecified atom stereocenters. The van der Waals surface area contributed by atoms with Gasteiger partial charge in [-0.3, -0.25) is 0 Å². The van der Waals surface area contributed by atoms with Crippen molar-refractivity contribution < 1.29 is 20.7 Å². The van der Waals surface area contributed by atoms with E-state index in [2.05, 4.69) is 5.73 Å². The van der Waals surface area contributed by atoms with Crippen LogP contribution in [0.5, 0.6) is 0 Å². The highest BCUT2D eigenvalue weighted by atomic mass is 16.4. The van der Waals surface area contributed by atoms with Gasteiger partial charge in [-0.2, -0.15) is 0 Å². The summed E-state index contributed by atoms with van der Waals surface area (Å²) in [5, 5.41) is 17.8. The van der Waals surface area contributed by atoms with E-state index in [1.165, 1.54) is 0 Å². The molecule has 0 aromatic rings. The molecule has 58 valence electrons. The minimum atomic E-state index is -1.12. The Kier molecular flexibility index (Phi) is 1.66. The zero-order valence-corrected chi connectivity index (χ0v) is 5.71. The molecule has 0 radical (unpaired) electrons. The molecule has 1 aliphatic carbocycles. The van der Waals surface area contributed by atoms with Crippen LogP contribution in [0, 0.1) is 0 Å². The predicted octanol–water partition coefficient (Wildman–Crippen LogP) is -1.40. The van der Waals surface area contributed by atoms with Gasteiger partial charge in [-0.15, -0.1) is 0 Å². The van der Waals surface area contributed by atoms with E-state index >= 15 is 0 Å². The summed E-state index contributed by atoms with van der Waals surface area (Å²) >= 11 is 0. The molecule has 5 N–H and O–H groups in total. The van der Waals surface area contributed by atoms with Crippen molar-refractivity contribution in [2.24, 2.45) is 0 Å². The van der Waals surface area contributed by atoms with E-state index in [1.54, 1.807) is 0 Å². The Morgan fingerprint density at radius 2 is 2.30 bits per heavy atom. The van der Waals surface area contributed by atoms with Gasteiger partial charge in [0.25, 0.3) is 0 Å². The van der Waals surface area contributed by atoms with Gasteiger partial charge in [-0.05, 0) is 12.8 Å². The second kappa shape index (κ2) is 2.21. The van der Waals surface area contributed by atoms with Crippen molar-refractivity contribution in [1.29, 1.82) is 0 Å². The molecule has 1 rings (SSSR count). The second-order valence-electron chi connectivity index (χ2n) is 2.87. The van der Waals surface area contributed by atoms with Crippen molar-refractivity contribution >= 4 is 5.97 Å². The Hall–Kier alpha value is -0.610. The van der Waals surface area contributed by atoms with Crippen LogP contribution < -0.4 is 5.73 Å². The number of quaternary nitrogens is 1. The number of carboxylic acid groups (broad SMARTS) is 1. The van der Waals surface area contributed by atoms with E-state index < -0.39 is 17.6 Å². The minimum Gasteiger partial charge on any atom is -0.477 e. The van der Waals surface area contributed by atoms with Crippen LogP contribution in [-0.4, -0.2) is 27.8 Å². The van der Waals surface area contributed by atoms with E-state index in [-0.39, 0.29) is 0 Å². The number of hydrogen-bond donors (Lipinski definition) is 3. The van der Waals surface area contributed by atoms with Crippen LogP contribution in [0.25, 0.3) is 0 Å². The summed E-state index contributed by atoms with van der Waals surface area (Å²) in [6.45, 7) is 0. The lowest BCUT2D eigenvalue weighted by Crippen LogP contribution is -2.80. The minimum absolute atomic E-state index is 0.490. The Balaban J connectivity index is 2.75. The Morgan fingerprint density at radius 3 is 2.50 bits per heavy atom. The van der Waals surface area contributed by atoms with E-state index in [0.717, 1.165) is 6.42 Å². The maximum Gasteiger partial charge on any atom is 0.368 e. The normalized spacial score (nSPS) is 40.0. The Morgan fingerprint density at radius 1 is 1.70 bits per heavy atom. The van der Waals surface area contributed by atoms with Gasteiger partial charge >= 0.3 is 5.97 Å². The van der Waals surface area contributed by atoms with Gasteiger partial charge in [0.2, 0.25) is 5.54 Å². The molecule has 2 atom stereocenters. The van der Waals surface area contributed by atoms with Crippen molar-refractivity contribution in [3.05, 3.63) is 0 Å². The van der Waals surface area contributed by atoms with E-state index in [1.807, 2.05) is 0 Å². The zero-order chi connectivity index (χ0) is 7.78. The molecule has 0 aromatic carbocycles. The number of aliphatic hydroxyl groups is 1. The Labute approximate surface area is 58.6 Å². The molecule has 10 heavy (non-hydrogen) atoms. The van der Waals surface area contributed by atoms with Gasteiger partial charge in [0.1, 0.15) is 6.10 Å². The number of hydrogen-bond acceptors (Lipinski definition) is 2. The third kappa shape index (κ3) is 0.892. The molecule has 0 bridgehead atoms. The van der Waals surface area contributed by atoms with Crippen LogP contribution in [-0.2, 0) is 4.79 Å². The summed E-state index contributed by atoms with van der Waals surface area (Å²) in [6, 6.07) is 0. The van der Waals surface area contributed by atoms with Crippen molar-refractivity contribution in [3.8, 4) is 0 Å². The van der Waals surface area contributed by atoms with Crippen LogP contribution in [0.3, 0.4) is 0 Å². The van der Waals surface area contributed by atoms with Crippen molar-refractivity contribution in [1.82, 2.24) is 0 Å². The molecule has 1 aliphatic rings.